The zero-order chi connectivity index (χ0) is 14.1. The Labute approximate surface area is 121 Å². The average molecular weight is 296 g/mol. The van der Waals surface area contributed by atoms with Crippen LogP contribution in [0.2, 0.25) is 5.02 Å². The van der Waals surface area contributed by atoms with Gasteiger partial charge in [-0.2, -0.15) is 4.98 Å². The van der Waals surface area contributed by atoms with Gasteiger partial charge in [0.05, 0.1) is 5.02 Å². The predicted octanol–water partition coefficient (Wildman–Crippen LogP) is 3.07. The van der Waals surface area contributed by atoms with Crippen molar-refractivity contribution in [3.63, 3.8) is 0 Å². The number of nitrogens with zero attached hydrogens (tertiary/aromatic N) is 2. The van der Waals surface area contributed by atoms with E-state index in [4.69, 9.17) is 16.1 Å². The lowest BCUT2D eigenvalue weighted by Gasteiger charge is -2.11. The van der Waals surface area contributed by atoms with Gasteiger partial charge in [0.15, 0.2) is 0 Å². The molecule has 106 valence electrons. The third-order valence-electron chi connectivity index (χ3n) is 3.60. The summed E-state index contributed by atoms with van der Waals surface area (Å²) >= 11 is 5.99. The van der Waals surface area contributed by atoms with Crippen molar-refractivity contribution in [2.24, 2.45) is 5.92 Å². The Hall–Kier alpha value is -1.46. The Kier molecular flexibility index (Phi) is 3.72. The number of rotatable bonds is 5. The van der Waals surface area contributed by atoms with Crippen LogP contribution in [-0.2, 0) is 6.42 Å². The molecule has 1 aromatic heterocycles. The molecule has 6 heteroatoms. The summed E-state index contributed by atoms with van der Waals surface area (Å²) in [4.78, 5) is 4.34. The van der Waals surface area contributed by atoms with Crippen molar-refractivity contribution in [1.82, 2.24) is 15.5 Å². The zero-order valence-corrected chi connectivity index (χ0v) is 11.8. The fraction of sp³-hybridized carbons (Fsp3) is 0.429. The summed E-state index contributed by atoms with van der Waals surface area (Å²) in [5, 5.41) is 7.48. The van der Waals surface area contributed by atoms with Gasteiger partial charge < -0.3 is 9.84 Å². The topological polar surface area (TPSA) is 51.0 Å². The predicted molar refractivity (Wildman–Crippen MR) is 74.0 cm³/mol. The first-order valence-corrected chi connectivity index (χ1v) is 7.00. The smallest absolute Gasteiger partial charge is 0.228 e. The molecule has 2 aromatic rings. The molecule has 0 aliphatic heterocycles. The first-order chi connectivity index (χ1) is 9.67. The van der Waals surface area contributed by atoms with Crippen LogP contribution in [0, 0.1) is 11.7 Å². The van der Waals surface area contributed by atoms with Gasteiger partial charge in [0.1, 0.15) is 5.82 Å². The molecule has 1 aliphatic rings. The quantitative estimate of drug-likeness (QED) is 0.921. The summed E-state index contributed by atoms with van der Waals surface area (Å²) in [5.74, 6) is 1.29. The van der Waals surface area contributed by atoms with Crippen molar-refractivity contribution >= 4 is 11.6 Å². The van der Waals surface area contributed by atoms with Crippen LogP contribution in [0.25, 0.3) is 11.4 Å². The minimum atomic E-state index is -0.383. The lowest BCUT2D eigenvalue weighted by molar-refractivity contribution is 0.352. The molecule has 1 aromatic carbocycles. The number of hydrogen-bond acceptors (Lipinski definition) is 4. The van der Waals surface area contributed by atoms with Gasteiger partial charge in [-0.1, -0.05) is 16.8 Å². The lowest BCUT2D eigenvalue weighted by Crippen LogP contribution is -2.29. The molecule has 1 heterocycles. The number of halogens is 2. The highest BCUT2D eigenvalue weighted by Gasteiger charge is 2.31. The second kappa shape index (κ2) is 5.50. The van der Waals surface area contributed by atoms with Crippen LogP contribution in [0.4, 0.5) is 4.39 Å². The van der Waals surface area contributed by atoms with Crippen molar-refractivity contribution in [3.05, 3.63) is 34.9 Å². The highest BCUT2D eigenvalue weighted by molar-refractivity contribution is 6.33. The average Bonchev–Trinajstić information content (AvgIpc) is 3.16. The molecule has 1 aliphatic carbocycles. The van der Waals surface area contributed by atoms with Crippen molar-refractivity contribution in [2.45, 2.75) is 25.3 Å². The van der Waals surface area contributed by atoms with E-state index >= 15 is 0 Å². The molecule has 0 radical (unpaired) electrons. The summed E-state index contributed by atoms with van der Waals surface area (Å²) in [7, 11) is 1.94. The van der Waals surface area contributed by atoms with Gasteiger partial charge in [0, 0.05) is 18.0 Å². The minimum absolute atomic E-state index is 0.282. The van der Waals surface area contributed by atoms with Crippen LogP contribution in [-0.4, -0.2) is 23.2 Å². The van der Waals surface area contributed by atoms with Crippen LogP contribution < -0.4 is 5.32 Å². The van der Waals surface area contributed by atoms with E-state index in [1.54, 1.807) is 6.07 Å². The summed E-state index contributed by atoms with van der Waals surface area (Å²) in [6.45, 7) is 0. The highest BCUT2D eigenvalue weighted by Crippen LogP contribution is 2.34. The number of nitrogens with one attached hydrogen (secondary N) is 1. The molecule has 4 nitrogen and oxygen atoms in total. The van der Waals surface area contributed by atoms with Gasteiger partial charge in [-0.15, -0.1) is 0 Å². The molecular weight excluding hydrogens is 281 g/mol. The normalized spacial score (nSPS) is 16.4. The number of aromatic nitrogens is 2. The van der Waals surface area contributed by atoms with Crippen LogP contribution >= 0.6 is 11.6 Å². The first-order valence-electron chi connectivity index (χ1n) is 6.62. The molecule has 0 spiro atoms. The lowest BCUT2D eigenvalue weighted by atomic mass is 10.1. The molecule has 1 saturated carbocycles. The van der Waals surface area contributed by atoms with Gasteiger partial charge in [0.2, 0.25) is 11.7 Å². The number of likely N-dealkylation sites (N-methyl/N-ethyl adjacent to an activating group) is 1. The molecule has 20 heavy (non-hydrogen) atoms. The maximum Gasteiger partial charge on any atom is 0.228 e. The summed E-state index contributed by atoms with van der Waals surface area (Å²) < 4.78 is 18.3. The molecule has 0 amide bonds. The van der Waals surface area contributed by atoms with E-state index in [2.05, 4.69) is 15.5 Å². The van der Waals surface area contributed by atoms with E-state index in [-0.39, 0.29) is 10.8 Å². The van der Waals surface area contributed by atoms with Gasteiger partial charge in [0.25, 0.3) is 0 Å². The van der Waals surface area contributed by atoms with Crippen molar-refractivity contribution < 1.29 is 8.91 Å². The monoisotopic (exact) mass is 295 g/mol. The van der Waals surface area contributed by atoms with E-state index in [0.29, 0.717) is 35.7 Å². The van der Waals surface area contributed by atoms with E-state index in [1.807, 2.05) is 7.05 Å². The third kappa shape index (κ3) is 2.83. The maximum atomic E-state index is 13.0. The summed E-state index contributed by atoms with van der Waals surface area (Å²) in [6, 6.07) is 4.50. The van der Waals surface area contributed by atoms with Gasteiger partial charge in [-0.25, -0.2) is 4.39 Å². The second-order valence-electron chi connectivity index (χ2n) is 5.07. The molecule has 1 N–H and O–H groups in total. The first kappa shape index (κ1) is 13.5. The van der Waals surface area contributed by atoms with Crippen LogP contribution in [0.15, 0.2) is 22.7 Å². The summed E-state index contributed by atoms with van der Waals surface area (Å²) in [6.07, 6.45) is 3.19. The largest absolute Gasteiger partial charge is 0.339 e. The van der Waals surface area contributed by atoms with Crippen molar-refractivity contribution in [1.29, 1.82) is 0 Å². The number of hydrogen-bond donors (Lipinski definition) is 1. The minimum Gasteiger partial charge on any atom is -0.339 e. The fourth-order valence-electron chi connectivity index (χ4n) is 2.31. The molecule has 1 unspecified atom stereocenters. The Morgan fingerprint density at radius 1 is 1.50 bits per heavy atom. The Morgan fingerprint density at radius 3 is 2.95 bits per heavy atom. The number of benzene rings is 1. The van der Waals surface area contributed by atoms with E-state index in [1.165, 1.54) is 25.0 Å². The van der Waals surface area contributed by atoms with E-state index in [0.717, 1.165) is 0 Å². The van der Waals surface area contributed by atoms with Crippen LogP contribution in [0.1, 0.15) is 18.7 Å². The molecule has 1 fully saturated rings. The van der Waals surface area contributed by atoms with Gasteiger partial charge >= 0.3 is 0 Å². The third-order valence-corrected chi connectivity index (χ3v) is 3.91. The molecule has 1 atom stereocenters. The van der Waals surface area contributed by atoms with Crippen LogP contribution in [0.5, 0.6) is 0 Å². The Bertz CT molecular complexity index is 612. The highest BCUT2D eigenvalue weighted by atomic mass is 35.5. The van der Waals surface area contributed by atoms with Gasteiger partial charge in [-0.3, -0.25) is 0 Å². The Morgan fingerprint density at radius 2 is 2.30 bits per heavy atom. The van der Waals surface area contributed by atoms with Crippen LogP contribution in [0.3, 0.4) is 0 Å². The fourth-order valence-corrected chi connectivity index (χ4v) is 2.56. The SMILES string of the molecule is CNC(Cc1nc(-c2ccc(F)cc2Cl)no1)C1CC1. The molecule has 0 saturated heterocycles. The zero-order valence-electron chi connectivity index (χ0n) is 11.1. The maximum absolute atomic E-state index is 13.0. The van der Waals surface area contributed by atoms with E-state index < -0.39 is 0 Å². The molecule has 3 rings (SSSR count). The second-order valence-corrected chi connectivity index (χ2v) is 5.48. The Balaban J connectivity index is 1.79. The van der Waals surface area contributed by atoms with Crippen molar-refractivity contribution in [2.75, 3.05) is 7.05 Å². The summed E-state index contributed by atoms with van der Waals surface area (Å²) in [5.41, 5.74) is 0.579. The van der Waals surface area contributed by atoms with E-state index in [9.17, 15) is 4.39 Å². The van der Waals surface area contributed by atoms with Crippen molar-refractivity contribution in [3.8, 4) is 11.4 Å². The standard InChI is InChI=1S/C14H15ClFN3O/c1-17-12(8-2-3-8)7-13-18-14(19-20-13)10-5-4-9(16)6-11(10)15/h4-6,8,12,17H,2-3,7H2,1H3. The van der Waals surface area contributed by atoms with Gasteiger partial charge in [-0.05, 0) is 44.0 Å². The molecular formula is C14H15ClFN3O. The molecule has 0 bridgehead atoms.